The molecular weight excluding hydrogens is 152 g/mol. The van der Waals surface area contributed by atoms with Gasteiger partial charge in [-0.15, -0.1) is 13.2 Å². The Labute approximate surface area is 74.2 Å². The zero-order chi connectivity index (χ0) is 9.83. The topological polar surface area (TPSA) is 40.5 Å². The van der Waals surface area contributed by atoms with Gasteiger partial charge in [0.1, 0.15) is 0 Å². The molecule has 70 valence electrons. The molecule has 0 rings (SSSR count). The Hall–Kier alpha value is -0.600. The van der Waals surface area contributed by atoms with Crippen LogP contribution in [0.5, 0.6) is 0 Å². The minimum absolute atomic E-state index is 0.369. The van der Waals surface area contributed by atoms with E-state index in [1.807, 2.05) is 0 Å². The SMILES string of the molecule is C=CCC(C)(O)C(C)(O)CC=C. The van der Waals surface area contributed by atoms with Crippen LogP contribution in [0.4, 0.5) is 0 Å². The number of aliphatic hydroxyl groups is 2. The van der Waals surface area contributed by atoms with Gasteiger partial charge in [0.05, 0.1) is 11.2 Å². The van der Waals surface area contributed by atoms with Crippen LogP contribution in [0.1, 0.15) is 26.7 Å². The Morgan fingerprint density at radius 3 is 1.42 bits per heavy atom. The molecule has 2 nitrogen and oxygen atoms in total. The van der Waals surface area contributed by atoms with Gasteiger partial charge >= 0.3 is 0 Å². The van der Waals surface area contributed by atoms with Gasteiger partial charge in [0, 0.05) is 0 Å². The highest BCUT2D eigenvalue weighted by Crippen LogP contribution is 2.28. The minimum atomic E-state index is -1.14. The van der Waals surface area contributed by atoms with Gasteiger partial charge < -0.3 is 10.2 Å². The third-order valence-electron chi connectivity index (χ3n) is 2.24. The molecule has 0 aromatic heterocycles. The summed E-state index contributed by atoms with van der Waals surface area (Å²) >= 11 is 0. The molecule has 2 heteroatoms. The monoisotopic (exact) mass is 170 g/mol. The number of rotatable bonds is 5. The fourth-order valence-corrected chi connectivity index (χ4v) is 1.00. The molecule has 0 aromatic carbocycles. The zero-order valence-corrected chi connectivity index (χ0v) is 7.88. The first-order valence-corrected chi connectivity index (χ1v) is 4.04. The first-order valence-electron chi connectivity index (χ1n) is 4.04. The largest absolute Gasteiger partial charge is 0.387 e. The van der Waals surface area contributed by atoms with E-state index in [0.29, 0.717) is 12.8 Å². The zero-order valence-electron chi connectivity index (χ0n) is 7.88. The van der Waals surface area contributed by atoms with E-state index >= 15 is 0 Å². The molecule has 12 heavy (non-hydrogen) atoms. The van der Waals surface area contributed by atoms with Crippen molar-refractivity contribution in [3.8, 4) is 0 Å². The number of hydrogen-bond donors (Lipinski definition) is 2. The molecule has 0 aliphatic heterocycles. The summed E-state index contributed by atoms with van der Waals surface area (Å²) < 4.78 is 0. The Morgan fingerprint density at radius 2 is 1.25 bits per heavy atom. The van der Waals surface area contributed by atoms with Gasteiger partial charge in [-0.3, -0.25) is 0 Å². The molecule has 0 aliphatic rings. The summed E-state index contributed by atoms with van der Waals surface area (Å²) in [5.74, 6) is 0. The van der Waals surface area contributed by atoms with Gasteiger partial charge in [0.2, 0.25) is 0 Å². The van der Waals surface area contributed by atoms with E-state index in [4.69, 9.17) is 0 Å². The van der Waals surface area contributed by atoms with E-state index in [1.165, 1.54) is 0 Å². The lowest BCUT2D eigenvalue weighted by Crippen LogP contribution is -2.49. The van der Waals surface area contributed by atoms with Crippen LogP contribution in [0.2, 0.25) is 0 Å². The van der Waals surface area contributed by atoms with E-state index < -0.39 is 11.2 Å². The summed E-state index contributed by atoms with van der Waals surface area (Å²) in [6.45, 7) is 10.2. The van der Waals surface area contributed by atoms with Gasteiger partial charge in [-0.25, -0.2) is 0 Å². The van der Waals surface area contributed by atoms with Crippen LogP contribution in [0.3, 0.4) is 0 Å². The maximum atomic E-state index is 9.80. The smallest absolute Gasteiger partial charge is 0.0939 e. The lowest BCUT2D eigenvalue weighted by molar-refractivity contribution is -0.126. The molecule has 0 fully saturated rings. The van der Waals surface area contributed by atoms with E-state index in [9.17, 15) is 10.2 Å². The van der Waals surface area contributed by atoms with E-state index in [1.54, 1.807) is 26.0 Å². The Kier molecular flexibility index (Phi) is 3.68. The Balaban J connectivity index is 4.48. The Bertz CT molecular complexity index is 149. The highest BCUT2D eigenvalue weighted by Gasteiger charge is 2.39. The first-order chi connectivity index (χ1) is 5.37. The third kappa shape index (κ3) is 2.47. The van der Waals surface area contributed by atoms with Gasteiger partial charge in [-0.1, -0.05) is 12.2 Å². The van der Waals surface area contributed by atoms with Gasteiger partial charge in [0.25, 0.3) is 0 Å². The van der Waals surface area contributed by atoms with Crippen molar-refractivity contribution in [1.82, 2.24) is 0 Å². The molecule has 2 N–H and O–H groups in total. The summed E-state index contributed by atoms with van der Waals surface area (Å²) in [4.78, 5) is 0. The van der Waals surface area contributed by atoms with Crippen molar-refractivity contribution in [3.63, 3.8) is 0 Å². The molecule has 2 atom stereocenters. The molecule has 0 saturated heterocycles. The standard InChI is InChI=1S/C10H18O2/c1-5-7-9(3,11)10(4,12)8-6-2/h5-6,11-12H,1-2,7-8H2,3-4H3. The lowest BCUT2D eigenvalue weighted by atomic mass is 9.81. The fourth-order valence-electron chi connectivity index (χ4n) is 1.00. The van der Waals surface area contributed by atoms with E-state index in [-0.39, 0.29) is 0 Å². The summed E-state index contributed by atoms with van der Waals surface area (Å²) in [5, 5.41) is 19.6. The average Bonchev–Trinajstić information content (AvgIpc) is 1.86. The normalized spacial score (nSPS) is 20.7. The molecule has 0 saturated carbocycles. The maximum absolute atomic E-state index is 9.80. The average molecular weight is 170 g/mol. The van der Waals surface area contributed by atoms with Crippen molar-refractivity contribution in [2.45, 2.75) is 37.9 Å². The molecule has 0 amide bonds. The molecule has 0 radical (unpaired) electrons. The Morgan fingerprint density at radius 1 is 1.00 bits per heavy atom. The lowest BCUT2D eigenvalue weighted by Gasteiger charge is -2.37. The van der Waals surface area contributed by atoms with Crippen LogP contribution in [-0.4, -0.2) is 21.4 Å². The second-order valence-electron chi connectivity index (χ2n) is 3.53. The highest BCUT2D eigenvalue weighted by atomic mass is 16.4. The van der Waals surface area contributed by atoms with Crippen molar-refractivity contribution in [2.75, 3.05) is 0 Å². The van der Waals surface area contributed by atoms with Crippen LogP contribution in [-0.2, 0) is 0 Å². The molecular formula is C10H18O2. The van der Waals surface area contributed by atoms with Gasteiger partial charge in [-0.05, 0) is 26.7 Å². The first kappa shape index (κ1) is 11.4. The van der Waals surface area contributed by atoms with Crippen LogP contribution < -0.4 is 0 Å². The molecule has 0 heterocycles. The summed E-state index contributed by atoms with van der Waals surface area (Å²) in [6, 6.07) is 0. The van der Waals surface area contributed by atoms with Crippen LogP contribution in [0.15, 0.2) is 25.3 Å². The minimum Gasteiger partial charge on any atom is -0.387 e. The van der Waals surface area contributed by atoms with Crippen LogP contribution in [0, 0.1) is 0 Å². The van der Waals surface area contributed by atoms with E-state index in [0.717, 1.165) is 0 Å². The predicted octanol–water partition coefficient (Wildman–Crippen LogP) is 1.64. The second kappa shape index (κ2) is 3.87. The highest BCUT2D eigenvalue weighted by molar-refractivity contribution is 5.00. The van der Waals surface area contributed by atoms with Crippen molar-refractivity contribution in [2.24, 2.45) is 0 Å². The third-order valence-corrected chi connectivity index (χ3v) is 2.24. The summed E-state index contributed by atoms with van der Waals surface area (Å²) in [5.41, 5.74) is -2.27. The molecule has 0 aromatic rings. The maximum Gasteiger partial charge on any atom is 0.0939 e. The van der Waals surface area contributed by atoms with Gasteiger partial charge in [0.15, 0.2) is 0 Å². The van der Waals surface area contributed by atoms with Crippen LogP contribution >= 0.6 is 0 Å². The quantitative estimate of drug-likeness (QED) is 0.616. The van der Waals surface area contributed by atoms with Crippen molar-refractivity contribution >= 4 is 0 Å². The van der Waals surface area contributed by atoms with Crippen molar-refractivity contribution in [1.29, 1.82) is 0 Å². The van der Waals surface area contributed by atoms with Crippen LogP contribution in [0.25, 0.3) is 0 Å². The summed E-state index contributed by atoms with van der Waals surface area (Å²) in [7, 11) is 0. The molecule has 0 aliphatic carbocycles. The molecule has 0 spiro atoms. The molecule has 2 unspecified atom stereocenters. The van der Waals surface area contributed by atoms with Crippen molar-refractivity contribution < 1.29 is 10.2 Å². The molecule has 0 bridgehead atoms. The predicted molar refractivity (Wildman–Crippen MR) is 50.9 cm³/mol. The van der Waals surface area contributed by atoms with Crippen molar-refractivity contribution in [3.05, 3.63) is 25.3 Å². The van der Waals surface area contributed by atoms with E-state index in [2.05, 4.69) is 13.2 Å². The summed E-state index contributed by atoms with van der Waals surface area (Å²) in [6.07, 6.45) is 3.93. The number of hydrogen-bond acceptors (Lipinski definition) is 2. The van der Waals surface area contributed by atoms with Gasteiger partial charge in [-0.2, -0.15) is 0 Å². The fraction of sp³-hybridized carbons (Fsp3) is 0.600. The second-order valence-corrected chi connectivity index (χ2v) is 3.53.